The maximum absolute atomic E-state index is 11.9. The van der Waals surface area contributed by atoms with Crippen molar-refractivity contribution < 1.29 is 14.4 Å². The molecular formula is C17H13N3O3. The van der Waals surface area contributed by atoms with Crippen molar-refractivity contribution in [2.75, 3.05) is 10.3 Å². The summed E-state index contributed by atoms with van der Waals surface area (Å²) in [6.45, 7) is 0. The normalized spacial score (nSPS) is 13.3. The third kappa shape index (κ3) is 3.11. The second-order valence-electron chi connectivity index (χ2n) is 4.84. The molecule has 2 N–H and O–H groups in total. The molecule has 0 unspecified atom stereocenters. The molecule has 0 radical (unpaired) electrons. The number of hydrogen-bond acceptors (Lipinski definition) is 4. The van der Waals surface area contributed by atoms with E-state index in [1.165, 1.54) is 12.2 Å². The van der Waals surface area contributed by atoms with Crippen LogP contribution in [0.5, 0.6) is 0 Å². The van der Waals surface area contributed by atoms with Gasteiger partial charge in [-0.1, -0.05) is 18.2 Å². The number of nitrogens with zero attached hydrogens (tertiary/aromatic N) is 1. The molecule has 0 fully saturated rings. The molecule has 3 rings (SSSR count). The second-order valence-corrected chi connectivity index (χ2v) is 4.84. The largest absolute Gasteiger partial charge is 0.298 e. The molecule has 0 atom stereocenters. The third-order valence-electron chi connectivity index (χ3n) is 3.29. The Morgan fingerprint density at radius 3 is 2.04 bits per heavy atom. The van der Waals surface area contributed by atoms with E-state index in [0.29, 0.717) is 16.9 Å². The number of imide groups is 1. The second kappa shape index (κ2) is 6.15. The van der Waals surface area contributed by atoms with Crippen LogP contribution in [-0.4, -0.2) is 17.7 Å². The van der Waals surface area contributed by atoms with Crippen LogP contribution >= 0.6 is 0 Å². The molecule has 3 amide bonds. The van der Waals surface area contributed by atoms with Gasteiger partial charge in [-0.05, 0) is 36.4 Å². The molecule has 1 aliphatic rings. The quantitative estimate of drug-likeness (QED) is 0.668. The molecule has 6 nitrogen and oxygen atoms in total. The highest BCUT2D eigenvalue weighted by Gasteiger charge is 2.24. The van der Waals surface area contributed by atoms with Crippen molar-refractivity contribution in [1.82, 2.24) is 5.43 Å². The Balaban J connectivity index is 1.63. The zero-order valence-electron chi connectivity index (χ0n) is 12.0. The van der Waals surface area contributed by atoms with Gasteiger partial charge < -0.3 is 0 Å². The summed E-state index contributed by atoms with van der Waals surface area (Å²) >= 11 is 0. The Kier molecular flexibility index (Phi) is 3.88. The maximum atomic E-state index is 11.9. The Bertz CT molecular complexity index is 764. The summed E-state index contributed by atoms with van der Waals surface area (Å²) in [5.74, 6) is -0.995. The van der Waals surface area contributed by atoms with E-state index in [1.54, 1.807) is 48.5 Å². The van der Waals surface area contributed by atoms with Crippen LogP contribution in [0, 0.1) is 0 Å². The number of benzene rings is 2. The lowest BCUT2D eigenvalue weighted by molar-refractivity contribution is -0.119. The average Bonchev–Trinajstić information content (AvgIpc) is 2.93. The summed E-state index contributed by atoms with van der Waals surface area (Å²) in [7, 11) is 0. The lowest BCUT2D eigenvalue weighted by Gasteiger charge is -2.14. The lowest BCUT2D eigenvalue weighted by atomic mass is 10.2. The molecule has 1 heterocycles. The number of rotatable bonds is 4. The molecule has 2 aromatic carbocycles. The van der Waals surface area contributed by atoms with Gasteiger partial charge in [-0.15, -0.1) is 0 Å². The summed E-state index contributed by atoms with van der Waals surface area (Å²) in [4.78, 5) is 36.2. The van der Waals surface area contributed by atoms with Crippen LogP contribution in [0.3, 0.4) is 0 Å². The van der Waals surface area contributed by atoms with Gasteiger partial charge in [-0.25, -0.2) is 4.90 Å². The standard InChI is InChI=1S/C17H13N3O3/c21-15-10-11-16(22)20(15)14-8-6-13(7-9-14)18-19-17(23)12-4-2-1-3-5-12/h1-11,18H,(H,19,23). The van der Waals surface area contributed by atoms with E-state index in [9.17, 15) is 14.4 Å². The van der Waals surface area contributed by atoms with Crippen LogP contribution in [0.2, 0.25) is 0 Å². The van der Waals surface area contributed by atoms with Crippen molar-refractivity contribution in [1.29, 1.82) is 0 Å². The first kappa shape index (κ1) is 14.5. The average molecular weight is 307 g/mol. The molecule has 114 valence electrons. The molecule has 0 aromatic heterocycles. The number of hydrogen-bond donors (Lipinski definition) is 2. The summed E-state index contributed by atoms with van der Waals surface area (Å²) in [5.41, 5.74) is 7.00. The van der Waals surface area contributed by atoms with E-state index in [0.717, 1.165) is 4.90 Å². The monoisotopic (exact) mass is 307 g/mol. The van der Waals surface area contributed by atoms with Crippen molar-refractivity contribution in [3.8, 4) is 0 Å². The lowest BCUT2D eigenvalue weighted by Crippen LogP contribution is -2.30. The fourth-order valence-electron chi connectivity index (χ4n) is 2.14. The van der Waals surface area contributed by atoms with Crippen molar-refractivity contribution in [3.05, 3.63) is 72.3 Å². The van der Waals surface area contributed by atoms with Crippen molar-refractivity contribution in [2.24, 2.45) is 0 Å². The smallest absolute Gasteiger partial charge is 0.269 e. The Hall–Kier alpha value is -3.41. The van der Waals surface area contributed by atoms with Crippen LogP contribution < -0.4 is 15.8 Å². The molecule has 1 aliphatic heterocycles. The fraction of sp³-hybridized carbons (Fsp3) is 0. The van der Waals surface area contributed by atoms with Crippen LogP contribution in [0.1, 0.15) is 10.4 Å². The van der Waals surface area contributed by atoms with Crippen LogP contribution in [0.15, 0.2) is 66.7 Å². The van der Waals surface area contributed by atoms with E-state index in [2.05, 4.69) is 10.9 Å². The van der Waals surface area contributed by atoms with Gasteiger partial charge in [0.25, 0.3) is 17.7 Å². The summed E-state index contributed by atoms with van der Waals surface area (Å²) < 4.78 is 0. The number of carbonyl (C=O) groups excluding carboxylic acids is 3. The van der Waals surface area contributed by atoms with E-state index in [-0.39, 0.29) is 17.7 Å². The Labute approximate surface area is 132 Å². The van der Waals surface area contributed by atoms with E-state index < -0.39 is 0 Å². The predicted molar refractivity (Wildman–Crippen MR) is 85.6 cm³/mol. The molecule has 0 aliphatic carbocycles. The molecular weight excluding hydrogens is 294 g/mol. The predicted octanol–water partition coefficient (Wildman–Crippen LogP) is 1.87. The minimum absolute atomic E-state index is 0.260. The Morgan fingerprint density at radius 2 is 1.43 bits per heavy atom. The summed E-state index contributed by atoms with van der Waals surface area (Å²) in [6, 6.07) is 15.4. The summed E-state index contributed by atoms with van der Waals surface area (Å²) in [6.07, 6.45) is 2.46. The van der Waals surface area contributed by atoms with Crippen LogP contribution in [0.25, 0.3) is 0 Å². The van der Waals surface area contributed by atoms with Gasteiger partial charge in [0, 0.05) is 17.7 Å². The molecule has 6 heteroatoms. The van der Waals surface area contributed by atoms with Crippen molar-refractivity contribution in [2.45, 2.75) is 0 Å². The fourth-order valence-corrected chi connectivity index (χ4v) is 2.14. The molecule has 0 saturated heterocycles. The van der Waals surface area contributed by atoms with Gasteiger partial charge in [0.05, 0.1) is 11.4 Å². The first-order chi connectivity index (χ1) is 11.1. The number of hydrazine groups is 1. The highest BCUT2D eigenvalue weighted by molar-refractivity contribution is 6.28. The number of anilines is 2. The first-order valence-corrected chi connectivity index (χ1v) is 6.93. The van der Waals surface area contributed by atoms with Gasteiger partial charge in [0.15, 0.2) is 0 Å². The molecule has 0 bridgehead atoms. The minimum Gasteiger partial charge on any atom is -0.298 e. The maximum Gasteiger partial charge on any atom is 0.269 e. The van der Waals surface area contributed by atoms with E-state index >= 15 is 0 Å². The topological polar surface area (TPSA) is 78.5 Å². The zero-order chi connectivity index (χ0) is 16.2. The third-order valence-corrected chi connectivity index (χ3v) is 3.29. The molecule has 0 spiro atoms. The Morgan fingerprint density at radius 1 is 0.826 bits per heavy atom. The molecule has 0 saturated carbocycles. The van der Waals surface area contributed by atoms with Gasteiger partial charge >= 0.3 is 0 Å². The SMILES string of the molecule is O=C(NNc1ccc(N2C(=O)C=CC2=O)cc1)c1ccccc1. The summed E-state index contributed by atoms with van der Waals surface area (Å²) in [5, 5.41) is 0. The van der Waals surface area contributed by atoms with Crippen molar-refractivity contribution >= 4 is 29.1 Å². The van der Waals surface area contributed by atoms with Crippen LogP contribution in [0.4, 0.5) is 11.4 Å². The number of amides is 3. The van der Waals surface area contributed by atoms with Crippen molar-refractivity contribution in [3.63, 3.8) is 0 Å². The van der Waals surface area contributed by atoms with E-state index in [4.69, 9.17) is 0 Å². The number of nitrogens with one attached hydrogen (secondary N) is 2. The zero-order valence-corrected chi connectivity index (χ0v) is 12.0. The van der Waals surface area contributed by atoms with Gasteiger partial charge in [0.2, 0.25) is 0 Å². The molecule has 2 aromatic rings. The van der Waals surface area contributed by atoms with Gasteiger partial charge in [-0.3, -0.25) is 25.2 Å². The first-order valence-electron chi connectivity index (χ1n) is 6.93. The van der Waals surface area contributed by atoms with E-state index in [1.807, 2.05) is 6.07 Å². The molecule has 23 heavy (non-hydrogen) atoms. The van der Waals surface area contributed by atoms with Gasteiger partial charge in [0.1, 0.15) is 0 Å². The highest BCUT2D eigenvalue weighted by atomic mass is 16.2. The minimum atomic E-state index is -0.368. The van der Waals surface area contributed by atoms with Crippen LogP contribution in [-0.2, 0) is 9.59 Å². The van der Waals surface area contributed by atoms with Gasteiger partial charge in [-0.2, -0.15) is 0 Å². The highest BCUT2D eigenvalue weighted by Crippen LogP contribution is 2.20. The number of carbonyl (C=O) groups is 3.